The van der Waals surface area contributed by atoms with Crippen LogP contribution in [0.1, 0.15) is 41.5 Å². The summed E-state index contributed by atoms with van der Waals surface area (Å²) in [7, 11) is -3.15. The van der Waals surface area contributed by atoms with E-state index in [0.717, 1.165) is 0 Å². The average molecular weight is 453 g/mol. The molecule has 0 saturated heterocycles. The van der Waals surface area contributed by atoms with Gasteiger partial charge in [0.25, 0.3) is 0 Å². The molecule has 0 aliphatic rings. The second-order valence-corrected chi connectivity index (χ2v) is 12.0. The quantitative estimate of drug-likeness (QED) is 0.239. The van der Waals surface area contributed by atoms with E-state index in [4.69, 9.17) is 18.1 Å². The maximum Gasteiger partial charge on any atom is 0.405 e. The lowest BCUT2D eigenvalue weighted by Crippen LogP contribution is -2.24. The molecule has 0 rings (SSSR count). The van der Waals surface area contributed by atoms with Crippen molar-refractivity contribution in [2.24, 2.45) is 0 Å². The minimum atomic E-state index is -3.23. The normalized spacial score (nSPS) is 15.2. The third-order valence-electron chi connectivity index (χ3n) is 2.73. The van der Waals surface area contributed by atoms with Crippen molar-refractivity contribution in [1.82, 2.24) is 10.2 Å². The molecule has 0 bridgehead atoms. The van der Waals surface area contributed by atoms with E-state index in [-0.39, 0.29) is 10.5 Å². The van der Waals surface area contributed by atoms with Gasteiger partial charge < -0.3 is 0 Å². The van der Waals surface area contributed by atoms with Gasteiger partial charge in [0.1, 0.15) is 0 Å². The van der Waals surface area contributed by atoms with Gasteiger partial charge in [-0.3, -0.25) is 18.1 Å². The van der Waals surface area contributed by atoms with Crippen molar-refractivity contribution < 1.29 is 27.2 Å². The third kappa shape index (κ3) is 12.4. The van der Waals surface area contributed by atoms with Crippen LogP contribution in [0.3, 0.4) is 0 Å². The predicted octanol–water partition coefficient (Wildman–Crippen LogP) is 4.69. The molecule has 0 amide bonds. The first-order valence-electron chi connectivity index (χ1n) is 8.84. The molecule has 8 nitrogen and oxygen atoms in total. The third-order valence-corrected chi connectivity index (χ3v) is 9.66. The number of nitrogens with one attached hydrogen (secondary N) is 2. The summed E-state index contributed by atoms with van der Waals surface area (Å²) in [6.07, 6.45) is 0. The SMILES string of the molecule is CCOP(=O)(NCC(C)SSC(C)CNP(=O)(OCC)OCC)OCC. The van der Waals surface area contributed by atoms with Crippen molar-refractivity contribution in [3.63, 3.8) is 0 Å². The summed E-state index contributed by atoms with van der Waals surface area (Å²) < 4.78 is 45.5. The second-order valence-electron chi connectivity index (χ2n) is 5.20. The van der Waals surface area contributed by atoms with Gasteiger partial charge in [-0.05, 0) is 27.7 Å². The zero-order valence-corrected chi connectivity index (χ0v) is 20.0. The Morgan fingerprint density at radius 3 is 1.19 bits per heavy atom. The van der Waals surface area contributed by atoms with Gasteiger partial charge in [-0.1, -0.05) is 35.4 Å². The van der Waals surface area contributed by atoms with Crippen LogP contribution in [0, 0.1) is 0 Å². The molecule has 158 valence electrons. The Kier molecular flexibility index (Phi) is 15.4. The summed E-state index contributed by atoms with van der Waals surface area (Å²) >= 11 is 0. The number of hydrogen-bond acceptors (Lipinski definition) is 8. The highest BCUT2D eigenvalue weighted by Gasteiger charge is 2.25. The fourth-order valence-electron chi connectivity index (χ4n) is 1.68. The fraction of sp³-hybridized carbons (Fsp3) is 1.00. The zero-order chi connectivity index (χ0) is 20.1. The van der Waals surface area contributed by atoms with Gasteiger partial charge in [-0.2, -0.15) is 0 Å². The molecule has 0 heterocycles. The highest BCUT2D eigenvalue weighted by atomic mass is 33.1. The van der Waals surface area contributed by atoms with Crippen LogP contribution in [0.2, 0.25) is 0 Å². The Labute approximate surface area is 166 Å². The van der Waals surface area contributed by atoms with Crippen molar-refractivity contribution in [3.05, 3.63) is 0 Å². The van der Waals surface area contributed by atoms with E-state index < -0.39 is 15.5 Å². The molecular formula is C14H34N2O6P2S2. The average Bonchev–Trinajstić information content (AvgIpc) is 2.57. The van der Waals surface area contributed by atoms with Crippen molar-refractivity contribution >= 4 is 37.1 Å². The first-order chi connectivity index (χ1) is 12.2. The Balaban J connectivity index is 4.23. The van der Waals surface area contributed by atoms with E-state index in [1.807, 2.05) is 13.8 Å². The molecule has 2 atom stereocenters. The standard InChI is InChI=1S/C14H34N2O6P2S2/c1-7-19-23(17,20-8-2)15-11-13(5)25-26-14(6)12-16-24(18,21-9-3)22-10-4/h13-14H,7-12H2,1-6H3,(H,15,17)(H,16,18). The predicted molar refractivity (Wildman–Crippen MR) is 112 cm³/mol. The van der Waals surface area contributed by atoms with Gasteiger partial charge in [0.15, 0.2) is 0 Å². The molecular weight excluding hydrogens is 418 g/mol. The van der Waals surface area contributed by atoms with Crippen molar-refractivity contribution in [1.29, 1.82) is 0 Å². The van der Waals surface area contributed by atoms with Crippen LogP contribution in [0.4, 0.5) is 0 Å². The molecule has 12 heteroatoms. The number of rotatable bonds is 17. The van der Waals surface area contributed by atoms with Crippen molar-refractivity contribution in [3.8, 4) is 0 Å². The Morgan fingerprint density at radius 2 is 0.962 bits per heavy atom. The Hall–Kier alpha value is 0.920. The van der Waals surface area contributed by atoms with Gasteiger partial charge >= 0.3 is 15.5 Å². The van der Waals surface area contributed by atoms with Gasteiger partial charge in [-0.25, -0.2) is 19.3 Å². The molecule has 0 spiro atoms. The van der Waals surface area contributed by atoms with Gasteiger partial charge in [0.2, 0.25) is 0 Å². The summed E-state index contributed by atoms with van der Waals surface area (Å²) in [6.45, 7) is 13.4. The summed E-state index contributed by atoms with van der Waals surface area (Å²) in [5.41, 5.74) is 0. The van der Waals surface area contributed by atoms with E-state index in [1.54, 1.807) is 49.3 Å². The molecule has 0 aromatic rings. The van der Waals surface area contributed by atoms with Crippen LogP contribution in [0.15, 0.2) is 0 Å². The molecule has 0 saturated carbocycles. The zero-order valence-electron chi connectivity index (χ0n) is 16.6. The van der Waals surface area contributed by atoms with E-state index in [0.29, 0.717) is 39.5 Å². The Morgan fingerprint density at radius 1 is 0.692 bits per heavy atom. The molecule has 0 fully saturated rings. The molecule has 0 aromatic heterocycles. The van der Waals surface area contributed by atoms with Crippen LogP contribution in [0.25, 0.3) is 0 Å². The maximum atomic E-state index is 12.4. The highest BCUT2D eigenvalue weighted by Crippen LogP contribution is 2.45. The van der Waals surface area contributed by atoms with Crippen molar-refractivity contribution in [2.75, 3.05) is 39.5 Å². The van der Waals surface area contributed by atoms with E-state index in [9.17, 15) is 9.13 Å². The Bertz CT molecular complexity index is 401. The van der Waals surface area contributed by atoms with E-state index in [1.165, 1.54) is 0 Å². The van der Waals surface area contributed by atoms with E-state index in [2.05, 4.69) is 10.2 Å². The largest absolute Gasteiger partial charge is 0.405 e. The molecule has 0 aliphatic carbocycles. The lowest BCUT2D eigenvalue weighted by atomic mass is 10.5. The topological polar surface area (TPSA) is 95.1 Å². The van der Waals surface area contributed by atoms with Crippen LogP contribution >= 0.6 is 37.1 Å². The maximum absolute atomic E-state index is 12.4. The summed E-state index contributed by atoms with van der Waals surface area (Å²) in [5, 5.41) is 6.14. The first-order valence-corrected chi connectivity index (χ1v) is 14.2. The lowest BCUT2D eigenvalue weighted by Gasteiger charge is -2.22. The highest BCUT2D eigenvalue weighted by molar-refractivity contribution is 8.77. The van der Waals surface area contributed by atoms with Gasteiger partial charge in [0.05, 0.1) is 26.4 Å². The van der Waals surface area contributed by atoms with Crippen LogP contribution in [-0.2, 0) is 27.2 Å². The summed E-state index contributed by atoms with van der Waals surface area (Å²) in [4.78, 5) is 0. The van der Waals surface area contributed by atoms with E-state index >= 15 is 0 Å². The molecule has 0 aliphatic heterocycles. The van der Waals surface area contributed by atoms with Gasteiger partial charge in [0, 0.05) is 23.6 Å². The second kappa shape index (κ2) is 14.9. The summed E-state index contributed by atoms with van der Waals surface area (Å²) in [6, 6.07) is 0. The van der Waals surface area contributed by atoms with Crippen LogP contribution in [0.5, 0.6) is 0 Å². The van der Waals surface area contributed by atoms with Crippen LogP contribution < -0.4 is 10.2 Å². The minimum Gasteiger partial charge on any atom is -0.297 e. The first kappa shape index (κ1) is 26.9. The monoisotopic (exact) mass is 452 g/mol. The summed E-state index contributed by atoms with van der Waals surface area (Å²) in [5.74, 6) is 0. The molecule has 26 heavy (non-hydrogen) atoms. The lowest BCUT2D eigenvalue weighted by molar-refractivity contribution is 0.210. The molecule has 2 unspecified atom stereocenters. The smallest absolute Gasteiger partial charge is 0.297 e. The fourth-order valence-corrected chi connectivity index (χ4v) is 7.02. The molecule has 0 radical (unpaired) electrons. The minimum absolute atomic E-state index is 0.183. The van der Waals surface area contributed by atoms with Crippen LogP contribution in [-0.4, -0.2) is 50.0 Å². The number of hydrogen-bond donors (Lipinski definition) is 2. The molecule has 0 aromatic carbocycles. The van der Waals surface area contributed by atoms with Gasteiger partial charge in [-0.15, -0.1) is 0 Å². The van der Waals surface area contributed by atoms with Crippen molar-refractivity contribution in [2.45, 2.75) is 52.0 Å². The molecule has 2 N–H and O–H groups in total.